The first-order chi connectivity index (χ1) is 51.0. The second-order valence-corrected chi connectivity index (χ2v) is 32.7. The fourth-order valence-corrected chi connectivity index (χ4v) is 16.2. The van der Waals surface area contributed by atoms with E-state index in [1.165, 1.54) is 474 Å². The summed E-state index contributed by atoms with van der Waals surface area (Å²) < 4.78 is 25.5. The van der Waals surface area contributed by atoms with Crippen LogP contribution in [0.15, 0.2) is 24.3 Å². The lowest BCUT2D eigenvalue weighted by Crippen LogP contribution is -2.26. The highest BCUT2D eigenvalue weighted by molar-refractivity contribution is 5.69. The number of nitrogens with zero attached hydrogens (tertiary/aromatic N) is 2. The Kier molecular flexibility index (Phi) is 71.1. The van der Waals surface area contributed by atoms with E-state index in [2.05, 4.69) is 68.2 Å². The third-order valence-corrected chi connectivity index (χ3v) is 23.2. The van der Waals surface area contributed by atoms with Gasteiger partial charge in [0.2, 0.25) is 0 Å². The van der Waals surface area contributed by atoms with Crippen molar-refractivity contribution in [3.8, 4) is 23.0 Å². The SMILES string of the molecule is CCCCCCCCCCCCCCCCCCCCN(CCCCCCCCCCCCCCCCCCCC)c1cc(OC)c([CH]c2c(OC)cc(N(CCCCCCCCCCCCCCCCCCCC)CCCCCCCCCCCCCCCCCCCC)cc2OC)c(OC)c1. The van der Waals surface area contributed by atoms with Gasteiger partial charge in [-0.1, -0.05) is 464 Å². The number of unbranched alkanes of at least 4 members (excludes halogenated alkanes) is 68. The van der Waals surface area contributed by atoms with Gasteiger partial charge in [0.15, 0.2) is 0 Å². The highest BCUT2D eigenvalue weighted by Gasteiger charge is 2.23. The Hall–Kier alpha value is -2.76. The van der Waals surface area contributed by atoms with E-state index in [-0.39, 0.29) is 0 Å². The van der Waals surface area contributed by atoms with Crippen molar-refractivity contribution in [3.63, 3.8) is 0 Å². The first kappa shape index (κ1) is 96.3. The lowest BCUT2D eigenvalue weighted by atomic mass is 9.99. The highest BCUT2D eigenvalue weighted by atomic mass is 16.5. The number of benzene rings is 2. The van der Waals surface area contributed by atoms with Crippen molar-refractivity contribution in [3.05, 3.63) is 41.8 Å². The second kappa shape index (κ2) is 76.0. The maximum absolute atomic E-state index is 6.37. The van der Waals surface area contributed by atoms with Gasteiger partial charge in [0.25, 0.3) is 0 Å². The fourth-order valence-electron chi connectivity index (χ4n) is 16.2. The van der Waals surface area contributed by atoms with E-state index in [9.17, 15) is 0 Å². The number of hydrogen-bond donors (Lipinski definition) is 0. The van der Waals surface area contributed by atoms with Gasteiger partial charge in [-0.3, -0.25) is 0 Å². The van der Waals surface area contributed by atoms with E-state index in [1.807, 2.05) is 28.4 Å². The molecule has 603 valence electrons. The molecule has 0 bridgehead atoms. The smallest absolute Gasteiger partial charge is 0.128 e. The largest absolute Gasteiger partial charge is 0.496 e. The van der Waals surface area contributed by atoms with Gasteiger partial charge in [-0.05, 0) is 25.7 Å². The Labute approximate surface area is 645 Å². The van der Waals surface area contributed by atoms with Crippen LogP contribution in [0.5, 0.6) is 23.0 Å². The van der Waals surface area contributed by atoms with Crippen molar-refractivity contribution in [2.45, 2.75) is 490 Å². The Morgan fingerprint density at radius 2 is 0.301 bits per heavy atom. The van der Waals surface area contributed by atoms with Gasteiger partial charge >= 0.3 is 0 Å². The van der Waals surface area contributed by atoms with Crippen LogP contribution in [0.2, 0.25) is 0 Å². The molecule has 0 heterocycles. The molecule has 1 radical (unpaired) electrons. The summed E-state index contributed by atoms with van der Waals surface area (Å²) in [7, 11) is 7.29. The monoisotopic (exact) mass is 1440 g/mol. The summed E-state index contributed by atoms with van der Waals surface area (Å²) in [5.41, 5.74) is 4.26. The van der Waals surface area contributed by atoms with Gasteiger partial charge in [-0.15, -0.1) is 0 Å². The third-order valence-electron chi connectivity index (χ3n) is 23.2. The molecule has 6 heteroatoms. The maximum atomic E-state index is 6.37. The molecule has 0 aromatic heterocycles. The highest BCUT2D eigenvalue weighted by Crippen LogP contribution is 2.43. The molecule has 6 nitrogen and oxygen atoms in total. The third kappa shape index (κ3) is 56.2. The molecule has 0 atom stereocenters. The van der Waals surface area contributed by atoms with E-state index in [4.69, 9.17) is 18.9 Å². The van der Waals surface area contributed by atoms with Gasteiger partial charge in [-0.2, -0.15) is 0 Å². The van der Waals surface area contributed by atoms with Crippen LogP contribution in [-0.4, -0.2) is 54.6 Å². The average molecular weight is 1440 g/mol. The van der Waals surface area contributed by atoms with Gasteiger partial charge in [0, 0.05) is 79.4 Å². The molecule has 0 spiro atoms. The molecular weight excluding hydrogens is 1260 g/mol. The minimum absolute atomic E-state index is 0.827. The van der Waals surface area contributed by atoms with Crippen LogP contribution in [0.25, 0.3) is 0 Å². The molecule has 0 N–H and O–H groups in total. The topological polar surface area (TPSA) is 43.4 Å². The summed E-state index contributed by atoms with van der Waals surface area (Å²) in [6.45, 7) is 13.5. The normalized spacial score (nSPS) is 11.6. The lowest BCUT2D eigenvalue weighted by Gasteiger charge is -2.28. The van der Waals surface area contributed by atoms with Gasteiger partial charge in [0.05, 0.1) is 28.4 Å². The van der Waals surface area contributed by atoms with E-state index < -0.39 is 0 Å². The Morgan fingerprint density at radius 1 is 0.184 bits per heavy atom. The van der Waals surface area contributed by atoms with Gasteiger partial charge in [-0.25, -0.2) is 0 Å². The number of anilines is 2. The minimum Gasteiger partial charge on any atom is -0.496 e. The van der Waals surface area contributed by atoms with Crippen molar-refractivity contribution in [1.82, 2.24) is 0 Å². The standard InChI is InChI=1S/C97H181N2O4/c1-9-13-17-21-25-29-33-37-41-45-49-53-57-61-65-69-73-77-81-98(82-78-74-70-66-62-58-54-50-46-42-38-34-30-26-22-18-14-10-2)90-85-94(100-5)92(95(86-90)101-6)89-93-96(102-7)87-91(88-97(93)103-8)99(83-79-75-71-67-63-59-55-51-47-43-39-35-31-27-23-19-15-11-3)84-80-76-72-68-64-60-56-52-48-44-40-36-32-28-24-20-16-12-4/h85-89H,9-84H2,1-8H3. The predicted octanol–water partition coefficient (Wildman–Crippen LogP) is 33.1. The molecule has 0 unspecified atom stereocenters. The van der Waals surface area contributed by atoms with Crippen molar-refractivity contribution < 1.29 is 18.9 Å². The second-order valence-electron chi connectivity index (χ2n) is 32.7. The number of ether oxygens (including phenoxy) is 4. The summed E-state index contributed by atoms with van der Waals surface area (Å²) in [6, 6.07) is 9.13. The van der Waals surface area contributed by atoms with Crippen molar-refractivity contribution >= 4 is 11.4 Å². The van der Waals surface area contributed by atoms with Crippen LogP contribution in [0, 0.1) is 6.42 Å². The van der Waals surface area contributed by atoms with E-state index in [0.29, 0.717) is 0 Å². The number of hydrogen-bond acceptors (Lipinski definition) is 6. The fraction of sp³-hybridized carbons (Fsp3) is 0.866. The number of methoxy groups -OCH3 is 4. The van der Waals surface area contributed by atoms with Crippen LogP contribution < -0.4 is 28.7 Å². The van der Waals surface area contributed by atoms with Crippen LogP contribution in [0.1, 0.15) is 501 Å². The first-order valence-electron chi connectivity index (χ1n) is 46.9. The quantitative estimate of drug-likeness (QED) is 0.0615. The van der Waals surface area contributed by atoms with Crippen LogP contribution in [0.3, 0.4) is 0 Å². The summed E-state index contributed by atoms with van der Waals surface area (Å²) in [5.74, 6) is 3.31. The van der Waals surface area contributed by atoms with Crippen molar-refractivity contribution in [2.75, 3.05) is 64.4 Å². The van der Waals surface area contributed by atoms with E-state index in [0.717, 1.165) is 60.3 Å². The molecule has 103 heavy (non-hydrogen) atoms. The van der Waals surface area contributed by atoms with E-state index >= 15 is 0 Å². The van der Waals surface area contributed by atoms with Crippen LogP contribution in [0.4, 0.5) is 11.4 Å². The number of rotatable bonds is 84. The Bertz CT molecular complexity index is 1770. The lowest BCUT2D eigenvalue weighted by molar-refractivity contribution is 0.384. The zero-order chi connectivity index (χ0) is 73.9. The average Bonchev–Trinajstić information content (AvgIpc) is 0.790. The molecule has 2 aromatic carbocycles. The predicted molar refractivity (Wildman–Crippen MR) is 461 cm³/mol. The molecule has 0 fully saturated rings. The summed E-state index contributed by atoms with van der Waals surface area (Å²) in [5, 5.41) is 0. The molecule has 2 aromatic rings. The molecule has 0 saturated carbocycles. The summed E-state index contributed by atoms with van der Waals surface area (Å²) in [4.78, 5) is 5.30. The molecule has 0 amide bonds. The summed E-state index contributed by atoms with van der Waals surface area (Å²) in [6.07, 6.45) is 103. The minimum atomic E-state index is 0.827. The zero-order valence-corrected chi connectivity index (χ0v) is 71.2. The molecule has 0 aliphatic rings. The van der Waals surface area contributed by atoms with Gasteiger partial charge < -0.3 is 28.7 Å². The van der Waals surface area contributed by atoms with Crippen molar-refractivity contribution in [1.29, 1.82) is 0 Å². The van der Waals surface area contributed by atoms with Crippen molar-refractivity contribution in [2.24, 2.45) is 0 Å². The zero-order valence-electron chi connectivity index (χ0n) is 71.2. The molecule has 0 aliphatic heterocycles. The van der Waals surface area contributed by atoms with Crippen LogP contribution >= 0.6 is 0 Å². The van der Waals surface area contributed by atoms with Gasteiger partial charge in [0.1, 0.15) is 23.0 Å². The molecule has 0 aliphatic carbocycles. The molecule has 0 saturated heterocycles. The Morgan fingerprint density at radius 3 is 0.417 bits per heavy atom. The van der Waals surface area contributed by atoms with Crippen LogP contribution in [-0.2, 0) is 0 Å². The van der Waals surface area contributed by atoms with E-state index in [1.54, 1.807) is 0 Å². The first-order valence-corrected chi connectivity index (χ1v) is 46.9. The molecule has 2 rings (SSSR count). The summed E-state index contributed by atoms with van der Waals surface area (Å²) >= 11 is 0. The molecular formula is C97H181N2O4. The Balaban J connectivity index is 2.12. The maximum Gasteiger partial charge on any atom is 0.128 e.